The number of thiazole rings is 1. The molecule has 540 valence electrons. The summed E-state index contributed by atoms with van der Waals surface area (Å²) in [7, 11) is 7.42. The average Bonchev–Trinajstić information content (AvgIpc) is 0.881. The Morgan fingerprint density at radius 1 is 0.844 bits per heavy atom. The van der Waals surface area contributed by atoms with Crippen LogP contribution in [0.3, 0.4) is 0 Å². The highest BCUT2D eigenvalue weighted by atomic mass is 32.1. The number of benzene rings is 1. The number of rotatable bonds is 26. The molecular weight excluding hydrogens is 1220 g/mol. The minimum absolute atomic E-state index is 0.0985. The summed E-state index contributed by atoms with van der Waals surface area (Å²) in [5.74, 6) is 0.658. The van der Waals surface area contributed by atoms with Crippen LogP contribution >= 0.6 is 11.3 Å². The fraction of sp³-hybridized carbons (Fsp3) is 0.610. The Labute approximate surface area is 586 Å². The summed E-state index contributed by atoms with van der Waals surface area (Å²) >= 11 is 1.48. The summed E-state index contributed by atoms with van der Waals surface area (Å²) in [5, 5.41) is 8.75. The number of aldehydes is 1. The maximum absolute atomic E-state index is 13.0. The SMILES string of the molecule is CC.CC.CC.CCC.CCN(/C(=C(\C)CC(C)(C)COC=O)c1cc(N2CCN(C3CC3)CC2)cnc1C(C)OC)c1ccc(-c2csc(CC(C=O)NC(=O)C(C(C)C)N(C)C)n2)cc1.CNCCCCN.C[C@H]1CCN(C=O)C1.Cc1ccccn1.Cc1ccccn1. The molecule has 3 fully saturated rings. The van der Waals surface area contributed by atoms with Gasteiger partial charge in [0.1, 0.15) is 6.29 Å². The Morgan fingerprint density at radius 2 is 1.44 bits per heavy atom. The molecule has 96 heavy (non-hydrogen) atoms. The number of ether oxygens (including phenoxy) is 2. The van der Waals surface area contributed by atoms with Gasteiger partial charge in [0.2, 0.25) is 12.3 Å². The van der Waals surface area contributed by atoms with Crippen molar-refractivity contribution in [2.75, 3.05) is 104 Å². The Morgan fingerprint density at radius 3 is 1.85 bits per heavy atom. The number of carbonyl (C=O) groups is 4. The van der Waals surface area contributed by atoms with Crippen LogP contribution in [0.1, 0.15) is 189 Å². The highest BCUT2D eigenvalue weighted by Gasteiger charge is 2.33. The average molecular weight is 1350 g/mol. The molecule has 3 aliphatic rings. The maximum atomic E-state index is 13.0. The van der Waals surface area contributed by atoms with Crippen LogP contribution in [0.5, 0.6) is 0 Å². The van der Waals surface area contributed by atoms with E-state index in [1.54, 1.807) is 19.5 Å². The van der Waals surface area contributed by atoms with Gasteiger partial charge in [-0.05, 0) is 167 Å². The first-order chi connectivity index (χ1) is 46.1. The summed E-state index contributed by atoms with van der Waals surface area (Å²) < 4.78 is 11.2. The number of nitrogens with two attached hydrogens (primary N) is 1. The topological polar surface area (TPSA) is 205 Å². The molecule has 4 atom stereocenters. The van der Waals surface area contributed by atoms with E-state index < -0.39 is 6.04 Å². The number of hydrogen-bond donors (Lipinski definition) is 3. The number of nitrogens with zero attached hydrogens (tertiary/aromatic N) is 9. The van der Waals surface area contributed by atoms with Crippen molar-refractivity contribution in [2.24, 2.45) is 23.0 Å². The van der Waals surface area contributed by atoms with E-state index in [-0.39, 0.29) is 29.4 Å². The molecule has 4 aromatic heterocycles. The van der Waals surface area contributed by atoms with Crippen LogP contribution in [0.15, 0.2) is 96.3 Å². The van der Waals surface area contributed by atoms with Gasteiger partial charge in [0, 0.05) is 122 Å². The number of pyridine rings is 3. The van der Waals surface area contributed by atoms with Crippen LogP contribution < -0.4 is 26.2 Å². The number of likely N-dealkylation sites (N-methyl/N-ethyl adjacent to an activating group) is 1. The number of allylic oxidation sites excluding steroid dienone is 1. The Hall–Kier alpha value is -6.48. The number of aryl methyl sites for hydroxylation is 2. The van der Waals surface area contributed by atoms with Crippen molar-refractivity contribution in [2.45, 2.75) is 200 Å². The van der Waals surface area contributed by atoms with Crippen molar-refractivity contribution in [3.05, 3.63) is 124 Å². The Bertz CT molecular complexity index is 2760. The predicted octanol–water partition coefficient (Wildman–Crippen LogP) is 14.6. The van der Waals surface area contributed by atoms with E-state index in [0.717, 1.165) is 145 Å². The zero-order chi connectivity index (χ0) is 72.6. The van der Waals surface area contributed by atoms with Gasteiger partial charge in [-0.15, -0.1) is 11.3 Å². The number of nitrogens with one attached hydrogen (secondary N) is 2. The number of anilines is 2. The lowest BCUT2D eigenvalue weighted by Crippen LogP contribution is -2.50. The van der Waals surface area contributed by atoms with Gasteiger partial charge in [-0.2, -0.15) is 0 Å². The number of carbonyl (C=O) groups excluding carboxylic acids is 4. The van der Waals surface area contributed by atoms with Crippen LogP contribution in [0.25, 0.3) is 17.0 Å². The molecule has 2 amide bonds. The molecule has 2 aliphatic heterocycles. The predicted molar refractivity (Wildman–Crippen MR) is 406 cm³/mol. The third-order valence-corrected chi connectivity index (χ3v) is 16.3. The molecule has 5 aromatic rings. The first kappa shape index (κ1) is 89.5. The monoisotopic (exact) mass is 1350 g/mol. The minimum atomic E-state index is -0.664. The smallest absolute Gasteiger partial charge is 0.293 e. The van der Waals surface area contributed by atoms with Gasteiger partial charge < -0.3 is 45.3 Å². The number of unbranched alkanes of at least 4 members (excludes halogenated alkanes) is 1. The summed E-state index contributed by atoms with van der Waals surface area (Å²) in [4.78, 5) is 75.5. The first-order valence-electron chi connectivity index (χ1n) is 35.4. The van der Waals surface area contributed by atoms with Crippen molar-refractivity contribution < 1.29 is 28.7 Å². The van der Waals surface area contributed by atoms with Crippen molar-refractivity contribution in [3.63, 3.8) is 0 Å². The van der Waals surface area contributed by atoms with Crippen molar-refractivity contribution in [3.8, 4) is 11.3 Å². The molecule has 18 nitrogen and oxygen atoms in total. The molecule has 3 unspecified atom stereocenters. The molecule has 1 aromatic carbocycles. The van der Waals surface area contributed by atoms with Gasteiger partial charge in [-0.1, -0.05) is 121 Å². The second kappa shape index (κ2) is 52.6. The van der Waals surface area contributed by atoms with Gasteiger partial charge in [0.15, 0.2) is 0 Å². The molecule has 8 rings (SSSR count). The van der Waals surface area contributed by atoms with E-state index in [9.17, 15) is 19.2 Å². The Balaban J connectivity index is 0.00000190. The summed E-state index contributed by atoms with van der Waals surface area (Å²) in [6.07, 6.45) is 15.5. The minimum Gasteiger partial charge on any atom is -0.467 e. The van der Waals surface area contributed by atoms with E-state index >= 15 is 0 Å². The molecule has 6 heterocycles. The van der Waals surface area contributed by atoms with Gasteiger partial charge in [0.05, 0.1) is 53.1 Å². The van der Waals surface area contributed by atoms with E-state index in [1.165, 1.54) is 43.4 Å². The third kappa shape index (κ3) is 34.6. The van der Waals surface area contributed by atoms with E-state index in [0.29, 0.717) is 32.5 Å². The summed E-state index contributed by atoms with van der Waals surface area (Å²) in [5.41, 5.74) is 15.1. The van der Waals surface area contributed by atoms with E-state index in [4.69, 9.17) is 25.2 Å². The molecule has 1 aliphatic carbocycles. The third-order valence-electron chi connectivity index (χ3n) is 15.4. The second-order valence-corrected chi connectivity index (χ2v) is 25.8. The molecule has 0 radical (unpaired) electrons. The number of likely N-dealkylation sites (tertiary alicyclic amines) is 1. The van der Waals surface area contributed by atoms with Gasteiger partial charge >= 0.3 is 0 Å². The molecule has 19 heteroatoms. The number of aromatic nitrogens is 4. The number of amides is 2. The number of methoxy groups -OCH3 is 1. The highest BCUT2D eigenvalue weighted by Crippen LogP contribution is 2.40. The number of hydrogen-bond acceptors (Lipinski definition) is 17. The standard InChI is InChI=1S/C45H65N7O5S.C6H11NO.2C6H7N.C5H14N2.C3H8.3C2H6/c1-11-52(36-14-12-33(13-15-36)39-27-58-40(48-39)22-34(26-53)47-44(55)42(30(2)3)49(8)9)43(31(4)24-45(6,7)28-57-29-54)38-23-37(25-46-41(38)32(5)56-10)51-20-18-50(19-21-51)35-16-17-35;1-6-2-3-7(4-6)5-8;2*1-6-4-2-3-5-7-6;1-7-5-3-2-4-6;1-3-2;3*1-2/h12-15,23,25-27,29-30,32,34-35,42H,11,16-22,24,28H2,1-10H3,(H,47,55);5-6H,2-4H2,1H3;2*2-5H,1H3;7H,2-6H2,1H3;3H2,1-2H3;3*1-2H3/b43-31+;;;;;;;;/t;6-;;;;;;;/m.0......./s1. The maximum Gasteiger partial charge on any atom is 0.293 e. The fourth-order valence-corrected chi connectivity index (χ4v) is 11.6. The lowest BCUT2D eigenvalue weighted by Gasteiger charge is -2.37. The van der Waals surface area contributed by atoms with Crippen molar-refractivity contribution in [1.29, 1.82) is 0 Å². The highest BCUT2D eigenvalue weighted by molar-refractivity contribution is 7.10. The van der Waals surface area contributed by atoms with Gasteiger partial charge in [-0.25, -0.2) is 4.98 Å². The van der Waals surface area contributed by atoms with Crippen LogP contribution in [0, 0.1) is 31.1 Å². The van der Waals surface area contributed by atoms with Crippen LogP contribution in [-0.2, 0) is 35.1 Å². The molecule has 0 spiro atoms. The van der Waals surface area contributed by atoms with Gasteiger partial charge in [-0.3, -0.25) is 39.1 Å². The summed E-state index contributed by atoms with van der Waals surface area (Å²) in [6, 6.07) is 22.2. The molecule has 4 N–H and O–H groups in total. The largest absolute Gasteiger partial charge is 0.467 e. The van der Waals surface area contributed by atoms with Crippen molar-refractivity contribution >= 4 is 53.5 Å². The first-order valence-corrected chi connectivity index (χ1v) is 36.3. The quantitative estimate of drug-likeness (QED) is 0.0348. The molecule has 2 saturated heterocycles. The van der Waals surface area contributed by atoms with Gasteiger partial charge in [0.25, 0.3) is 6.47 Å². The normalized spacial score (nSPS) is 15.1. The molecule has 1 saturated carbocycles. The number of piperazine rings is 1. The van der Waals surface area contributed by atoms with E-state index in [1.807, 2.05) is 155 Å². The zero-order valence-electron chi connectivity index (χ0n) is 63.5. The summed E-state index contributed by atoms with van der Waals surface area (Å²) in [6.45, 7) is 46.4. The van der Waals surface area contributed by atoms with Crippen LogP contribution in [-0.4, -0.2) is 172 Å². The van der Waals surface area contributed by atoms with Crippen LogP contribution in [0.4, 0.5) is 11.4 Å². The Kier molecular flexibility index (Phi) is 49.1. The van der Waals surface area contributed by atoms with E-state index in [2.05, 4.69) is 114 Å². The lowest BCUT2D eigenvalue weighted by molar-refractivity contribution is -0.131. The zero-order valence-corrected chi connectivity index (χ0v) is 64.4. The second-order valence-electron chi connectivity index (χ2n) is 24.9. The van der Waals surface area contributed by atoms with Crippen LogP contribution in [0.2, 0.25) is 0 Å². The van der Waals surface area contributed by atoms with Crippen molar-refractivity contribution in [1.82, 2.24) is 45.3 Å². The fourth-order valence-electron chi connectivity index (χ4n) is 10.7. The molecular formula is C77H130N12O6S. The molecule has 0 bridgehead atoms. The lowest BCUT2D eigenvalue weighted by atomic mass is 9.84.